The lowest BCUT2D eigenvalue weighted by Gasteiger charge is -2.17. The van der Waals surface area contributed by atoms with E-state index >= 15 is 0 Å². The predicted molar refractivity (Wildman–Crippen MR) is 75.8 cm³/mol. The van der Waals surface area contributed by atoms with Gasteiger partial charge in [0.05, 0.1) is 18.2 Å². The molecule has 1 aromatic carbocycles. The lowest BCUT2D eigenvalue weighted by Crippen LogP contribution is -2.21. The van der Waals surface area contributed by atoms with Crippen molar-refractivity contribution in [2.75, 3.05) is 12.3 Å². The molecule has 0 spiro atoms. The van der Waals surface area contributed by atoms with Gasteiger partial charge in [0.25, 0.3) is 0 Å². The summed E-state index contributed by atoms with van der Waals surface area (Å²) in [5.74, 6) is 0.365. The van der Waals surface area contributed by atoms with Gasteiger partial charge in [-0.2, -0.15) is 0 Å². The van der Waals surface area contributed by atoms with E-state index in [1.165, 1.54) is 6.07 Å². The van der Waals surface area contributed by atoms with Crippen molar-refractivity contribution >= 4 is 5.69 Å². The van der Waals surface area contributed by atoms with Crippen LogP contribution < -0.4 is 5.73 Å². The smallest absolute Gasteiger partial charge is 0.184 e. The minimum absolute atomic E-state index is 0.221. The molecule has 7 heteroatoms. The quantitative estimate of drug-likeness (QED) is 0.870. The average molecular weight is 291 g/mol. The van der Waals surface area contributed by atoms with Gasteiger partial charge in [0.1, 0.15) is 5.82 Å². The van der Waals surface area contributed by atoms with Crippen molar-refractivity contribution in [2.45, 2.75) is 32.4 Å². The summed E-state index contributed by atoms with van der Waals surface area (Å²) in [4.78, 5) is 0. The van der Waals surface area contributed by atoms with Crippen molar-refractivity contribution in [3.05, 3.63) is 24.0 Å². The second-order valence-electron chi connectivity index (χ2n) is 5.29. The number of benzene rings is 1. The standard InChI is InChI=1S/C14H18FN5O/c1-2-13-9(5-6-21-13)8-20-14(17-18-19-20)11-4-3-10(16)7-12(11)15/h3-4,7,9,13H,2,5-6,8,16H2,1H3. The van der Waals surface area contributed by atoms with Crippen LogP contribution in [-0.2, 0) is 11.3 Å². The lowest BCUT2D eigenvalue weighted by atomic mass is 9.99. The van der Waals surface area contributed by atoms with E-state index in [1.807, 2.05) is 0 Å². The maximum atomic E-state index is 14.0. The van der Waals surface area contributed by atoms with Gasteiger partial charge in [0.2, 0.25) is 0 Å². The highest BCUT2D eigenvalue weighted by Crippen LogP contribution is 2.27. The van der Waals surface area contributed by atoms with Crippen LogP contribution in [0.1, 0.15) is 19.8 Å². The fourth-order valence-electron chi connectivity index (χ4n) is 2.81. The Balaban J connectivity index is 1.87. The first-order valence-electron chi connectivity index (χ1n) is 7.12. The number of rotatable bonds is 4. The Hall–Kier alpha value is -2.02. The van der Waals surface area contributed by atoms with E-state index < -0.39 is 5.82 Å². The van der Waals surface area contributed by atoms with Gasteiger partial charge in [0, 0.05) is 18.2 Å². The summed E-state index contributed by atoms with van der Waals surface area (Å²) in [5, 5.41) is 11.6. The highest BCUT2D eigenvalue weighted by Gasteiger charge is 2.28. The number of tetrazole rings is 1. The normalized spacial score (nSPS) is 21.8. The van der Waals surface area contributed by atoms with Crippen LogP contribution in [0.15, 0.2) is 18.2 Å². The summed E-state index contributed by atoms with van der Waals surface area (Å²) in [6.45, 7) is 3.49. The number of ether oxygens (including phenoxy) is 1. The van der Waals surface area contributed by atoms with Crippen LogP contribution in [0.2, 0.25) is 0 Å². The van der Waals surface area contributed by atoms with E-state index in [9.17, 15) is 4.39 Å². The molecule has 2 N–H and O–H groups in total. The Morgan fingerprint density at radius 3 is 3.10 bits per heavy atom. The molecule has 1 saturated heterocycles. The number of nitrogen functional groups attached to an aromatic ring is 1. The topological polar surface area (TPSA) is 78.8 Å². The highest BCUT2D eigenvalue weighted by atomic mass is 19.1. The number of halogens is 1. The fourth-order valence-corrected chi connectivity index (χ4v) is 2.81. The SMILES string of the molecule is CCC1OCCC1Cn1nnnc1-c1ccc(N)cc1F. The first kappa shape index (κ1) is 13.9. The van der Waals surface area contributed by atoms with Crippen molar-refractivity contribution in [2.24, 2.45) is 5.92 Å². The third-order valence-electron chi connectivity index (χ3n) is 3.92. The largest absolute Gasteiger partial charge is 0.399 e. The molecule has 0 bridgehead atoms. The van der Waals surface area contributed by atoms with E-state index in [1.54, 1.807) is 16.8 Å². The summed E-state index contributed by atoms with van der Waals surface area (Å²) in [6.07, 6.45) is 2.15. The van der Waals surface area contributed by atoms with E-state index in [0.29, 0.717) is 29.5 Å². The molecule has 1 fully saturated rings. The van der Waals surface area contributed by atoms with Crippen molar-refractivity contribution in [3.63, 3.8) is 0 Å². The fraction of sp³-hybridized carbons (Fsp3) is 0.500. The monoisotopic (exact) mass is 291 g/mol. The molecule has 2 aromatic rings. The summed E-state index contributed by atoms with van der Waals surface area (Å²) in [6, 6.07) is 4.53. The van der Waals surface area contributed by atoms with Gasteiger partial charge >= 0.3 is 0 Å². The minimum atomic E-state index is -0.416. The summed E-state index contributed by atoms with van der Waals surface area (Å²) in [7, 11) is 0. The van der Waals surface area contributed by atoms with Crippen molar-refractivity contribution in [3.8, 4) is 11.4 Å². The highest BCUT2D eigenvalue weighted by molar-refractivity contribution is 5.59. The first-order valence-corrected chi connectivity index (χ1v) is 7.12. The maximum Gasteiger partial charge on any atom is 0.184 e. The number of anilines is 1. The average Bonchev–Trinajstić information content (AvgIpc) is 3.08. The van der Waals surface area contributed by atoms with Gasteiger partial charge < -0.3 is 10.5 Å². The molecule has 112 valence electrons. The van der Waals surface area contributed by atoms with Crippen LogP contribution in [0.4, 0.5) is 10.1 Å². The van der Waals surface area contributed by atoms with E-state index in [4.69, 9.17) is 10.5 Å². The Morgan fingerprint density at radius 1 is 1.48 bits per heavy atom. The molecule has 1 aromatic heterocycles. The zero-order valence-corrected chi connectivity index (χ0v) is 11.9. The molecular formula is C14H18FN5O. The molecule has 3 rings (SSSR count). The number of nitrogens with two attached hydrogens (primary N) is 1. The molecular weight excluding hydrogens is 273 g/mol. The van der Waals surface area contributed by atoms with E-state index in [0.717, 1.165) is 19.4 Å². The van der Waals surface area contributed by atoms with Crippen molar-refractivity contribution in [1.29, 1.82) is 0 Å². The second-order valence-corrected chi connectivity index (χ2v) is 5.29. The first-order chi connectivity index (χ1) is 10.2. The van der Waals surface area contributed by atoms with Crippen LogP contribution in [-0.4, -0.2) is 32.9 Å². The number of aromatic nitrogens is 4. The third-order valence-corrected chi connectivity index (χ3v) is 3.92. The van der Waals surface area contributed by atoms with Gasteiger partial charge in [-0.1, -0.05) is 6.92 Å². The lowest BCUT2D eigenvalue weighted by molar-refractivity contribution is 0.0825. The summed E-state index contributed by atoms with van der Waals surface area (Å²) < 4.78 is 21.4. The van der Waals surface area contributed by atoms with Crippen molar-refractivity contribution in [1.82, 2.24) is 20.2 Å². The van der Waals surface area contributed by atoms with Crippen LogP contribution in [0, 0.1) is 11.7 Å². The zero-order valence-electron chi connectivity index (χ0n) is 11.9. The molecule has 1 aliphatic rings. The molecule has 0 radical (unpaired) electrons. The molecule has 2 heterocycles. The molecule has 0 aliphatic carbocycles. The molecule has 6 nitrogen and oxygen atoms in total. The Labute approximate surface area is 122 Å². The Kier molecular flexibility index (Phi) is 3.83. The molecule has 2 unspecified atom stereocenters. The van der Waals surface area contributed by atoms with Crippen LogP contribution in [0.3, 0.4) is 0 Å². The number of hydrogen-bond acceptors (Lipinski definition) is 5. The van der Waals surface area contributed by atoms with Gasteiger partial charge in [-0.05, 0) is 41.5 Å². The van der Waals surface area contributed by atoms with Gasteiger partial charge in [-0.25, -0.2) is 9.07 Å². The minimum Gasteiger partial charge on any atom is -0.399 e. The molecule has 0 amide bonds. The van der Waals surface area contributed by atoms with Gasteiger partial charge in [0.15, 0.2) is 5.82 Å². The van der Waals surface area contributed by atoms with Crippen LogP contribution >= 0.6 is 0 Å². The van der Waals surface area contributed by atoms with Crippen LogP contribution in [0.5, 0.6) is 0 Å². The molecule has 0 saturated carbocycles. The number of nitrogens with zero attached hydrogens (tertiary/aromatic N) is 4. The molecule has 1 aliphatic heterocycles. The van der Waals surface area contributed by atoms with Crippen LogP contribution in [0.25, 0.3) is 11.4 Å². The van der Waals surface area contributed by atoms with Gasteiger partial charge in [-0.3, -0.25) is 0 Å². The Bertz CT molecular complexity index is 630. The second kappa shape index (κ2) is 5.77. The summed E-state index contributed by atoms with van der Waals surface area (Å²) >= 11 is 0. The summed E-state index contributed by atoms with van der Waals surface area (Å²) in [5.41, 5.74) is 6.31. The zero-order chi connectivity index (χ0) is 14.8. The predicted octanol–water partition coefficient (Wildman–Crippen LogP) is 1.88. The molecule has 21 heavy (non-hydrogen) atoms. The third kappa shape index (κ3) is 2.73. The number of hydrogen-bond donors (Lipinski definition) is 1. The van der Waals surface area contributed by atoms with Gasteiger partial charge in [-0.15, -0.1) is 5.10 Å². The van der Waals surface area contributed by atoms with Crippen molar-refractivity contribution < 1.29 is 9.13 Å². The maximum absolute atomic E-state index is 14.0. The van der Waals surface area contributed by atoms with E-state index in [-0.39, 0.29) is 6.10 Å². The molecule has 2 atom stereocenters. The Morgan fingerprint density at radius 2 is 2.33 bits per heavy atom. The van der Waals surface area contributed by atoms with E-state index in [2.05, 4.69) is 22.4 Å².